The van der Waals surface area contributed by atoms with E-state index >= 15 is 0 Å². The van der Waals surface area contributed by atoms with Crippen LogP contribution in [-0.2, 0) is 13.3 Å². The summed E-state index contributed by atoms with van der Waals surface area (Å²) in [5.74, 6) is 0. The maximum absolute atomic E-state index is 5.69. The van der Waals surface area contributed by atoms with Crippen molar-refractivity contribution in [1.82, 2.24) is 0 Å². The summed E-state index contributed by atoms with van der Waals surface area (Å²) in [5.41, 5.74) is 0. The van der Waals surface area contributed by atoms with Crippen LogP contribution in [0.5, 0.6) is 0 Å². The molecule has 0 atom stereocenters. The summed E-state index contributed by atoms with van der Waals surface area (Å²) in [6.45, 7) is 7.92. The summed E-state index contributed by atoms with van der Waals surface area (Å²) < 4.78 is 17.1. The third-order valence-electron chi connectivity index (χ3n) is 1.75. The van der Waals surface area contributed by atoms with Gasteiger partial charge >= 0.3 is 8.80 Å². The topological polar surface area (TPSA) is 27.7 Å². The molecule has 0 aliphatic heterocycles. The first-order valence-corrected chi connectivity index (χ1v) is 7.95. The zero-order valence-corrected chi connectivity index (χ0v) is 11.5. The van der Waals surface area contributed by atoms with Crippen LogP contribution in [0.2, 0.25) is 12.1 Å². The smallest absolute Gasteiger partial charge is 0.374 e. The van der Waals surface area contributed by atoms with E-state index in [1.165, 1.54) is 0 Å². The molecule has 0 unspecified atom stereocenters. The van der Waals surface area contributed by atoms with Gasteiger partial charge in [0.2, 0.25) is 0 Å². The Labute approximate surface area is 91.9 Å². The van der Waals surface area contributed by atoms with E-state index in [2.05, 4.69) is 10.2 Å². The lowest BCUT2D eigenvalue weighted by Gasteiger charge is -2.28. The van der Waals surface area contributed by atoms with Gasteiger partial charge in [-0.05, 0) is 20.8 Å². The van der Waals surface area contributed by atoms with Crippen molar-refractivity contribution in [1.29, 1.82) is 0 Å². The summed E-state index contributed by atoms with van der Waals surface area (Å²) in [4.78, 5) is 0. The zero-order valence-electron chi connectivity index (χ0n) is 9.47. The van der Waals surface area contributed by atoms with Crippen molar-refractivity contribution in [2.24, 2.45) is 0 Å². The molecule has 0 aromatic carbocycles. The Bertz CT molecular complexity index is 116. The summed E-state index contributed by atoms with van der Waals surface area (Å²) in [6.07, 6.45) is 1.03. The first-order chi connectivity index (χ1) is 6.74. The van der Waals surface area contributed by atoms with E-state index in [1.807, 2.05) is 20.8 Å². The zero-order chi connectivity index (χ0) is 10.9. The molecule has 0 bridgehead atoms. The highest BCUT2D eigenvalue weighted by Gasteiger charge is 2.39. The van der Waals surface area contributed by atoms with Crippen molar-refractivity contribution in [2.45, 2.75) is 39.3 Å². The van der Waals surface area contributed by atoms with E-state index in [1.54, 1.807) is 0 Å². The van der Waals surface area contributed by atoms with Gasteiger partial charge in [-0.2, -0.15) is 0 Å². The molecule has 0 aromatic heterocycles. The van der Waals surface area contributed by atoms with Crippen LogP contribution in [0.4, 0.5) is 0 Å². The molecule has 0 fully saturated rings. The average Bonchev–Trinajstić information content (AvgIpc) is 2.16. The molecule has 0 saturated heterocycles. The fraction of sp³-hybridized carbons (Fsp3) is 1.00. The average molecular weight is 233 g/mol. The number of hydrogen-bond donors (Lipinski definition) is 0. The van der Waals surface area contributed by atoms with Crippen LogP contribution in [0.25, 0.3) is 0 Å². The fourth-order valence-corrected chi connectivity index (χ4v) is 4.45. The highest BCUT2D eigenvalue weighted by molar-refractivity contribution is 6.60. The van der Waals surface area contributed by atoms with Gasteiger partial charge in [-0.3, -0.25) is 0 Å². The molecule has 3 nitrogen and oxygen atoms in total. The van der Waals surface area contributed by atoms with Crippen LogP contribution in [0.3, 0.4) is 0 Å². The minimum atomic E-state index is -2.35. The van der Waals surface area contributed by atoms with Gasteiger partial charge in [-0.1, -0.05) is 12.5 Å². The second-order valence-electron chi connectivity index (χ2n) is 2.84. The van der Waals surface area contributed by atoms with Crippen LogP contribution in [0, 0.1) is 0 Å². The molecular formula is C9H21O3Si2. The summed E-state index contributed by atoms with van der Waals surface area (Å²) in [5, 5.41) is 0. The molecule has 3 radical (unpaired) electrons. The molecule has 0 amide bonds. The van der Waals surface area contributed by atoms with Gasteiger partial charge in [0.25, 0.3) is 0 Å². The van der Waals surface area contributed by atoms with Crippen LogP contribution in [0.15, 0.2) is 0 Å². The molecule has 0 heterocycles. The van der Waals surface area contributed by atoms with Crippen LogP contribution >= 0.6 is 0 Å². The van der Waals surface area contributed by atoms with Gasteiger partial charge < -0.3 is 13.3 Å². The van der Waals surface area contributed by atoms with E-state index in [4.69, 9.17) is 13.3 Å². The third kappa shape index (κ3) is 5.26. The van der Waals surface area contributed by atoms with Crippen molar-refractivity contribution in [3.8, 4) is 0 Å². The van der Waals surface area contributed by atoms with Crippen molar-refractivity contribution >= 4 is 19.0 Å². The maximum Gasteiger partial charge on any atom is 0.500 e. The second kappa shape index (κ2) is 8.61. The van der Waals surface area contributed by atoms with Gasteiger partial charge in [0.1, 0.15) is 0 Å². The third-order valence-corrected chi connectivity index (χ3v) is 5.26. The standard InChI is InChI=1S/C9H21O3Si2/c1-4-10-14(11-5-2,12-6-3)9-7-8-13/h4-9H2,1-3H3. The van der Waals surface area contributed by atoms with Crippen molar-refractivity contribution in [2.75, 3.05) is 19.8 Å². The van der Waals surface area contributed by atoms with E-state index in [9.17, 15) is 0 Å². The molecule has 0 aliphatic rings. The van der Waals surface area contributed by atoms with E-state index < -0.39 is 8.80 Å². The van der Waals surface area contributed by atoms with E-state index in [0.717, 1.165) is 18.5 Å². The maximum atomic E-state index is 5.69. The van der Waals surface area contributed by atoms with Gasteiger partial charge in [0, 0.05) is 36.1 Å². The molecule has 0 saturated carbocycles. The predicted octanol–water partition coefficient (Wildman–Crippen LogP) is 2.01. The highest BCUT2D eigenvalue weighted by atomic mass is 28.4. The Morgan fingerprint density at radius 1 is 0.929 bits per heavy atom. The first-order valence-electron chi connectivity index (χ1n) is 5.31. The Kier molecular flexibility index (Phi) is 8.80. The minimum absolute atomic E-state index is 0.661. The van der Waals surface area contributed by atoms with Gasteiger partial charge in [0.05, 0.1) is 0 Å². The Morgan fingerprint density at radius 2 is 1.36 bits per heavy atom. The highest BCUT2D eigenvalue weighted by Crippen LogP contribution is 2.18. The number of rotatable bonds is 9. The molecule has 0 spiro atoms. The lowest BCUT2D eigenvalue weighted by molar-refractivity contribution is 0.0712. The summed E-state index contributed by atoms with van der Waals surface area (Å²) >= 11 is 0. The first kappa shape index (κ1) is 14.3. The van der Waals surface area contributed by atoms with E-state index in [-0.39, 0.29) is 0 Å². The summed E-state index contributed by atoms with van der Waals surface area (Å²) in [7, 11) is 1.11. The second-order valence-corrected chi connectivity index (χ2v) is 6.07. The predicted molar refractivity (Wildman–Crippen MR) is 60.6 cm³/mol. The quantitative estimate of drug-likeness (QED) is 0.570. The Hall–Kier alpha value is 0.314. The van der Waals surface area contributed by atoms with Crippen molar-refractivity contribution in [3.05, 3.63) is 0 Å². The van der Waals surface area contributed by atoms with Crippen molar-refractivity contribution in [3.63, 3.8) is 0 Å². The van der Waals surface area contributed by atoms with Crippen LogP contribution < -0.4 is 0 Å². The van der Waals surface area contributed by atoms with Gasteiger partial charge in [0.15, 0.2) is 0 Å². The molecule has 83 valence electrons. The lowest BCUT2D eigenvalue weighted by Crippen LogP contribution is -2.45. The molecule has 14 heavy (non-hydrogen) atoms. The summed E-state index contributed by atoms with van der Waals surface area (Å²) in [6, 6.07) is 1.86. The molecule has 0 aromatic rings. The Balaban J connectivity index is 4.21. The lowest BCUT2D eigenvalue weighted by atomic mass is 10.6. The Morgan fingerprint density at radius 3 is 1.64 bits per heavy atom. The molecule has 0 aliphatic carbocycles. The van der Waals surface area contributed by atoms with Crippen molar-refractivity contribution < 1.29 is 13.3 Å². The largest absolute Gasteiger partial charge is 0.500 e. The minimum Gasteiger partial charge on any atom is -0.374 e. The fourth-order valence-electron chi connectivity index (χ4n) is 1.31. The molecular weight excluding hydrogens is 212 g/mol. The van der Waals surface area contributed by atoms with Gasteiger partial charge in [-0.25, -0.2) is 0 Å². The molecule has 0 N–H and O–H groups in total. The normalized spacial score (nSPS) is 12.0. The van der Waals surface area contributed by atoms with Crippen LogP contribution in [0.1, 0.15) is 27.2 Å². The van der Waals surface area contributed by atoms with Gasteiger partial charge in [-0.15, -0.1) is 0 Å². The van der Waals surface area contributed by atoms with Crippen LogP contribution in [-0.4, -0.2) is 38.9 Å². The number of hydrogen-bond acceptors (Lipinski definition) is 3. The van der Waals surface area contributed by atoms with E-state index in [0.29, 0.717) is 19.8 Å². The SMILES string of the molecule is CCO[Si](CCC[Si])(OCC)OCC. The monoisotopic (exact) mass is 233 g/mol. The molecule has 0 rings (SSSR count). The molecule has 5 heteroatoms.